The predicted octanol–water partition coefficient (Wildman–Crippen LogP) is 1.82. The lowest BCUT2D eigenvalue weighted by atomic mass is 10.1. The molecule has 0 saturated heterocycles. The molecule has 1 aromatic carbocycles. The fraction of sp³-hybridized carbons (Fsp3) is 0.533. The first-order valence-electron chi connectivity index (χ1n) is 6.90. The van der Waals surface area contributed by atoms with Crippen LogP contribution in [-0.4, -0.2) is 46.3 Å². The van der Waals surface area contributed by atoms with Gasteiger partial charge in [0.1, 0.15) is 0 Å². The van der Waals surface area contributed by atoms with Crippen molar-refractivity contribution in [3.05, 3.63) is 30.1 Å². The zero-order valence-corrected chi connectivity index (χ0v) is 11.8. The van der Waals surface area contributed by atoms with Crippen LogP contribution >= 0.6 is 0 Å². The SMILES string of the molecule is CN(CCCCO)CCc1ccc2c(c1)ncn2C. The van der Waals surface area contributed by atoms with Crippen molar-refractivity contribution < 1.29 is 5.11 Å². The van der Waals surface area contributed by atoms with Gasteiger partial charge in [0.05, 0.1) is 17.4 Å². The smallest absolute Gasteiger partial charge is 0.0955 e. The number of hydrogen-bond acceptors (Lipinski definition) is 3. The van der Waals surface area contributed by atoms with Crippen LogP contribution in [0.15, 0.2) is 24.5 Å². The molecular weight excluding hydrogens is 238 g/mol. The van der Waals surface area contributed by atoms with Crippen molar-refractivity contribution in [2.24, 2.45) is 7.05 Å². The number of aromatic nitrogens is 2. The number of benzene rings is 1. The zero-order valence-electron chi connectivity index (χ0n) is 11.8. The summed E-state index contributed by atoms with van der Waals surface area (Å²) in [5, 5.41) is 8.76. The molecule has 0 aliphatic heterocycles. The van der Waals surface area contributed by atoms with Crippen LogP contribution in [0.3, 0.4) is 0 Å². The minimum Gasteiger partial charge on any atom is -0.396 e. The quantitative estimate of drug-likeness (QED) is 0.773. The lowest BCUT2D eigenvalue weighted by Gasteiger charge is -2.16. The number of aryl methyl sites for hydroxylation is 1. The molecule has 0 unspecified atom stereocenters. The molecule has 0 aliphatic rings. The van der Waals surface area contributed by atoms with Crippen LogP contribution in [0.1, 0.15) is 18.4 Å². The van der Waals surface area contributed by atoms with E-state index in [1.807, 2.05) is 17.9 Å². The number of aliphatic hydroxyl groups is 1. The molecule has 19 heavy (non-hydrogen) atoms. The van der Waals surface area contributed by atoms with Gasteiger partial charge in [-0.2, -0.15) is 0 Å². The minimum absolute atomic E-state index is 0.296. The molecule has 0 fully saturated rings. The molecule has 4 heteroatoms. The van der Waals surface area contributed by atoms with E-state index >= 15 is 0 Å². The van der Waals surface area contributed by atoms with Gasteiger partial charge in [-0.1, -0.05) is 6.07 Å². The van der Waals surface area contributed by atoms with Crippen molar-refractivity contribution in [2.45, 2.75) is 19.3 Å². The Balaban J connectivity index is 1.87. The maximum Gasteiger partial charge on any atom is 0.0955 e. The predicted molar refractivity (Wildman–Crippen MR) is 78.2 cm³/mol. The maximum atomic E-state index is 8.76. The Morgan fingerprint density at radius 2 is 2.11 bits per heavy atom. The van der Waals surface area contributed by atoms with Crippen LogP contribution in [0.25, 0.3) is 11.0 Å². The average molecular weight is 261 g/mol. The van der Waals surface area contributed by atoms with Crippen LogP contribution in [-0.2, 0) is 13.5 Å². The summed E-state index contributed by atoms with van der Waals surface area (Å²) in [5.41, 5.74) is 3.59. The lowest BCUT2D eigenvalue weighted by Crippen LogP contribution is -2.22. The molecule has 1 heterocycles. The Bertz CT molecular complexity index is 521. The third kappa shape index (κ3) is 3.78. The summed E-state index contributed by atoms with van der Waals surface area (Å²) >= 11 is 0. The van der Waals surface area contributed by atoms with Gasteiger partial charge >= 0.3 is 0 Å². The van der Waals surface area contributed by atoms with Gasteiger partial charge in [-0.15, -0.1) is 0 Å². The van der Waals surface area contributed by atoms with E-state index in [1.165, 1.54) is 11.1 Å². The summed E-state index contributed by atoms with van der Waals surface area (Å²) < 4.78 is 2.04. The number of rotatable bonds is 7. The molecule has 2 rings (SSSR count). The Morgan fingerprint density at radius 3 is 2.89 bits per heavy atom. The van der Waals surface area contributed by atoms with Crippen molar-refractivity contribution >= 4 is 11.0 Å². The van der Waals surface area contributed by atoms with Gasteiger partial charge in [0.15, 0.2) is 0 Å². The molecule has 0 radical (unpaired) electrons. The summed E-state index contributed by atoms with van der Waals surface area (Å²) in [4.78, 5) is 6.71. The van der Waals surface area contributed by atoms with E-state index in [0.717, 1.165) is 37.9 Å². The Morgan fingerprint density at radius 1 is 1.26 bits per heavy atom. The van der Waals surface area contributed by atoms with E-state index in [0.29, 0.717) is 6.61 Å². The molecule has 4 nitrogen and oxygen atoms in total. The van der Waals surface area contributed by atoms with Crippen LogP contribution in [0.4, 0.5) is 0 Å². The highest BCUT2D eigenvalue weighted by molar-refractivity contribution is 5.75. The second-order valence-corrected chi connectivity index (χ2v) is 5.16. The summed E-state index contributed by atoms with van der Waals surface area (Å²) in [7, 11) is 4.15. The topological polar surface area (TPSA) is 41.3 Å². The Labute approximate surface area is 114 Å². The van der Waals surface area contributed by atoms with Gasteiger partial charge < -0.3 is 14.6 Å². The van der Waals surface area contributed by atoms with Crippen LogP contribution in [0, 0.1) is 0 Å². The van der Waals surface area contributed by atoms with Gasteiger partial charge in [0.25, 0.3) is 0 Å². The fourth-order valence-corrected chi connectivity index (χ4v) is 2.26. The third-order valence-corrected chi connectivity index (χ3v) is 3.52. The third-order valence-electron chi connectivity index (χ3n) is 3.52. The summed E-state index contributed by atoms with van der Waals surface area (Å²) in [6.45, 7) is 2.39. The highest BCUT2D eigenvalue weighted by atomic mass is 16.2. The second kappa shape index (κ2) is 6.68. The lowest BCUT2D eigenvalue weighted by molar-refractivity contribution is 0.264. The molecule has 1 N–H and O–H groups in total. The molecule has 2 aromatic rings. The Hall–Kier alpha value is -1.39. The molecular formula is C15H23N3O. The number of aliphatic hydroxyl groups excluding tert-OH is 1. The van der Waals surface area contributed by atoms with Gasteiger partial charge in [-0.05, 0) is 50.6 Å². The second-order valence-electron chi connectivity index (χ2n) is 5.16. The molecule has 104 valence electrons. The average Bonchev–Trinajstić information content (AvgIpc) is 2.78. The summed E-state index contributed by atoms with van der Waals surface area (Å²) in [6.07, 6.45) is 4.86. The molecule has 0 saturated carbocycles. The number of imidazole rings is 1. The summed E-state index contributed by atoms with van der Waals surface area (Å²) in [5.74, 6) is 0. The number of likely N-dealkylation sites (N-methyl/N-ethyl adjacent to an activating group) is 1. The molecule has 1 aromatic heterocycles. The highest BCUT2D eigenvalue weighted by Gasteiger charge is 2.03. The number of nitrogens with zero attached hydrogens (tertiary/aromatic N) is 3. The zero-order chi connectivity index (χ0) is 13.7. The first-order chi connectivity index (χ1) is 9.20. The van der Waals surface area contributed by atoms with Crippen molar-refractivity contribution in [3.8, 4) is 0 Å². The van der Waals surface area contributed by atoms with Gasteiger partial charge in [0.2, 0.25) is 0 Å². The normalized spacial score (nSPS) is 11.6. The number of unbranched alkanes of at least 4 members (excludes halogenated alkanes) is 1. The van der Waals surface area contributed by atoms with Crippen molar-refractivity contribution in [2.75, 3.05) is 26.7 Å². The van der Waals surface area contributed by atoms with Gasteiger partial charge in [0, 0.05) is 20.2 Å². The van der Waals surface area contributed by atoms with E-state index in [9.17, 15) is 0 Å². The largest absolute Gasteiger partial charge is 0.396 e. The van der Waals surface area contributed by atoms with Crippen LogP contribution in [0.2, 0.25) is 0 Å². The van der Waals surface area contributed by atoms with Gasteiger partial charge in [-0.25, -0.2) is 4.98 Å². The maximum absolute atomic E-state index is 8.76. The van der Waals surface area contributed by atoms with Crippen molar-refractivity contribution in [3.63, 3.8) is 0 Å². The van der Waals surface area contributed by atoms with E-state index in [4.69, 9.17) is 5.11 Å². The Kier molecular flexibility index (Phi) is 4.93. The minimum atomic E-state index is 0.296. The first-order valence-corrected chi connectivity index (χ1v) is 6.90. The van der Waals surface area contributed by atoms with Crippen LogP contribution < -0.4 is 0 Å². The standard InChI is InChI=1S/C15H23N3O/c1-17(8-3-4-10-19)9-7-13-5-6-15-14(11-13)16-12-18(15)2/h5-6,11-12,19H,3-4,7-10H2,1-2H3. The molecule has 0 spiro atoms. The summed E-state index contributed by atoms with van der Waals surface area (Å²) in [6, 6.07) is 6.51. The van der Waals surface area contributed by atoms with Gasteiger partial charge in [-0.3, -0.25) is 0 Å². The van der Waals surface area contributed by atoms with E-state index < -0.39 is 0 Å². The number of fused-ring (bicyclic) bond motifs is 1. The van der Waals surface area contributed by atoms with Crippen molar-refractivity contribution in [1.29, 1.82) is 0 Å². The monoisotopic (exact) mass is 261 g/mol. The van der Waals surface area contributed by atoms with Crippen molar-refractivity contribution in [1.82, 2.24) is 14.5 Å². The van der Waals surface area contributed by atoms with E-state index in [2.05, 4.69) is 35.1 Å². The fourth-order valence-electron chi connectivity index (χ4n) is 2.26. The molecule has 0 atom stereocenters. The molecule has 0 aliphatic carbocycles. The molecule has 0 bridgehead atoms. The molecule has 0 amide bonds. The number of hydrogen-bond donors (Lipinski definition) is 1. The van der Waals surface area contributed by atoms with Crippen LogP contribution in [0.5, 0.6) is 0 Å². The highest BCUT2D eigenvalue weighted by Crippen LogP contribution is 2.14. The first kappa shape index (κ1) is 14.0. The van der Waals surface area contributed by atoms with E-state index in [-0.39, 0.29) is 0 Å². The van der Waals surface area contributed by atoms with E-state index in [1.54, 1.807) is 0 Å².